The first-order valence-corrected chi connectivity index (χ1v) is 7.30. The molecule has 86 valence electrons. The Morgan fingerprint density at radius 3 is 2.39 bits per heavy atom. The Kier molecular flexibility index (Phi) is 2.18. The fourth-order valence-corrected chi connectivity index (χ4v) is 3.77. The number of hydrogen-bond acceptors (Lipinski definition) is 4. The normalized spacial score (nSPS) is 11.3. The van der Waals surface area contributed by atoms with Crippen molar-refractivity contribution in [3.63, 3.8) is 0 Å². The van der Waals surface area contributed by atoms with Crippen LogP contribution in [-0.4, -0.2) is 9.97 Å². The van der Waals surface area contributed by atoms with Crippen molar-refractivity contribution in [2.24, 2.45) is 0 Å². The largest absolute Gasteiger partial charge is 0.244 e. The maximum atomic E-state index is 4.67. The molecule has 0 radical (unpaired) electrons. The van der Waals surface area contributed by atoms with Gasteiger partial charge < -0.3 is 0 Å². The smallest absolute Gasteiger partial charge is 0.143 e. The number of thiophene rings is 2. The van der Waals surface area contributed by atoms with E-state index in [1.54, 1.807) is 22.7 Å². The number of aromatic nitrogens is 2. The van der Waals surface area contributed by atoms with E-state index in [-0.39, 0.29) is 0 Å². The third-order valence-corrected chi connectivity index (χ3v) is 4.89. The highest BCUT2D eigenvalue weighted by molar-refractivity contribution is 7.25. The first-order valence-electron chi connectivity index (χ1n) is 5.60. The average molecular weight is 268 g/mol. The lowest BCUT2D eigenvalue weighted by Gasteiger charge is -1.94. The van der Waals surface area contributed by atoms with Crippen LogP contribution in [0.5, 0.6) is 0 Å². The van der Waals surface area contributed by atoms with Gasteiger partial charge >= 0.3 is 0 Å². The molecule has 0 unspecified atom stereocenters. The standard InChI is InChI=1S/C14H8N2S2/c1-2-5-10-9(4-1)15-11-8-13(18-14(11)16-10)12-6-3-7-17-12/h1-8H. The molecule has 0 fully saturated rings. The van der Waals surface area contributed by atoms with Gasteiger partial charge in [-0.15, -0.1) is 22.7 Å². The van der Waals surface area contributed by atoms with Crippen LogP contribution >= 0.6 is 22.7 Å². The minimum Gasteiger partial charge on any atom is -0.244 e. The lowest BCUT2D eigenvalue weighted by atomic mass is 10.3. The fraction of sp³-hybridized carbons (Fsp3) is 0. The van der Waals surface area contributed by atoms with Gasteiger partial charge in [0, 0.05) is 9.75 Å². The van der Waals surface area contributed by atoms with E-state index in [1.165, 1.54) is 9.75 Å². The first-order chi connectivity index (χ1) is 8.90. The average Bonchev–Trinajstić information content (AvgIpc) is 3.04. The molecule has 4 aromatic rings. The maximum absolute atomic E-state index is 4.67. The molecule has 0 spiro atoms. The second kappa shape index (κ2) is 3.86. The zero-order valence-electron chi connectivity index (χ0n) is 9.33. The van der Waals surface area contributed by atoms with E-state index >= 15 is 0 Å². The lowest BCUT2D eigenvalue weighted by molar-refractivity contribution is 1.43. The Labute approximate surface area is 112 Å². The van der Waals surface area contributed by atoms with Crippen molar-refractivity contribution >= 4 is 44.1 Å². The van der Waals surface area contributed by atoms with Gasteiger partial charge in [0.1, 0.15) is 10.3 Å². The molecule has 0 amide bonds. The highest BCUT2D eigenvalue weighted by Gasteiger charge is 2.08. The van der Waals surface area contributed by atoms with Crippen LogP contribution in [0.4, 0.5) is 0 Å². The highest BCUT2D eigenvalue weighted by atomic mass is 32.1. The van der Waals surface area contributed by atoms with Gasteiger partial charge in [0.05, 0.1) is 11.0 Å². The summed E-state index contributed by atoms with van der Waals surface area (Å²) in [6.45, 7) is 0. The van der Waals surface area contributed by atoms with E-state index in [0.717, 1.165) is 21.4 Å². The van der Waals surface area contributed by atoms with Crippen molar-refractivity contribution in [2.45, 2.75) is 0 Å². The summed E-state index contributed by atoms with van der Waals surface area (Å²) in [7, 11) is 0. The number of hydrogen-bond donors (Lipinski definition) is 0. The molecular weight excluding hydrogens is 260 g/mol. The van der Waals surface area contributed by atoms with E-state index in [2.05, 4.69) is 33.5 Å². The summed E-state index contributed by atoms with van der Waals surface area (Å²) in [4.78, 5) is 12.9. The molecule has 0 atom stereocenters. The molecule has 4 rings (SSSR count). The Morgan fingerprint density at radius 2 is 1.61 bits per heavy atom. The molecule has 0 bridgehead atoms. The van der Waals surface area contributed by atoms with Crippen LogP contribution in [0, 0.1) is 0 Å². The summed E-state index contributed by atoms with van der Waals surface area (Å²) >= 11 is 3.46. The molecule has 1 aromatic carbocycles. The summed E-state index contributed by atoms with van der Waals surface area (Å²) in [6, 6.07) is 14.3. The summed E-state index contributed by atoms with van der Waals surface area (Å²) in [5, 5.41) is 2.09. The van der Waals surface area contributed by atoms with E-state index in [4.69, 9.17) is 0 Å². The van der Waals surface area contributed by atoms with Crippen LogP contribution in [-0.2, 0) is 0 Å². The van der Waals surface area contributed by atoms with E-state index < -0.39 is 0 Å². The second-order valence-electron chi connectivity index (χ2n) is 3.99. The van der Waals surface area contributed by atoms with Gasteiger partial charge in [-0.25, -0.2) is 9.97 Å². The van der Waals surface area contributed by atoms with Crippen molar-refractivity contribution in [3.05, 3.63) is 47.8 Å². The SMILES string of the molecule is c1csc(-c2cc3nc4ccccc4nc3s2)c1. The molecule has 0 saturated carbocycles. The van der Waals surface area contributed by atoms with Crippen molar-refractivity contribution < 1.29 is 0 Å². The van der Waals surface area contributed by atoms with Gasteiger partial charge in [-0.2, -0.15) is 0 Å². The molecule has 3 aromatic heterocycles. The number of fused-ring (bicyclic) bond motifs is 2. The summed E-state index contributed by atoms with van der Waals surface area (Å²) < 4.78 is 0. The predicted octanol–water partition coefficient (Wildman–Crippen LogP) is 4.57. The molecular formula is C14H8N2S2. The quantitative estimate of drug-likeness (QED) is 0.505. The maximum Gasteiger partial charge on any atom is 0.143 e. The fourth-order valence-electron chi connectivity index (χ4n) is 1.96. The molecule has 18 heavy (non-hydrogen) atoms. The highest BCUT2D eigenvalue weighted by Crippen LogP contribution is 2.34. The molecule has 0 N–H and O–H groups in total. The second-order valence-corrected chi connectivity index (χ2v) is 5.97. The Balaban J connectivity index is 2.02. The Hall–Kier alpha value is -1.78. The van der Waals surface area contributed by atoms with Crippen LogP contribution in [0.25, 0.3) is 31.1 Å². The molecule has 0 saturated heterocycles. The van der Waals surface area contributed by atoms with Gasteiger partial charge in [-0.05, 0) is 29.6 Å². The van der Waals surface area contributed by atoms with Crippen LogP contribution in [0.3, 0.4) is 0 Å². The minimum absolute atomic E-state index is 0.959. The number of rotatable bonds is 1. The van der Waals surface area contributed by atoms with E-state index in [9.17, 15) is 0 Å². The van der Waals surface area contributed by atoms with Gasteiger partial charge in [-0.3, -0.25) is 0 Å². The van der Waals surface area contributed by atoms with Crippen LogP contribution in [0.2, 0.25) is 0 Å². The van der Waals surface area contributed by atoms with Gasteiger partial charge in [-0.1, -0.05) is 18.2 Å². The van der Waals surface area contributed by atoms with Crippen LogP contribution in [0.1, 0.15) is 0 Å². The number of nitrogens with zero attached hydrogens (tertiary/aromatic N) is 2. The summed E-state index contributed by atoms with van der Waals surface area (Å²) in [5.74, 6) is 0. The Bertz CT molecular complexity index is 779. The molecule has 0 aliphatic carbocycles. The zero-order valence-corrected chi connectivity index (χ0v) is 11.0. The molecule has 3 heterocycles. The van der Waals surface area contributed by atoms with Crippen molar-refractivity contribution in [1.29, 1.82) is 0 Å². The molecule has 2 nitrogen and oxygen atoms in total. The van der Waals surface area contributed by atoms with Crippen LogP contribution < -0.4 is 0 Å². The number of benzene rings is 1. The van der Waals surface area contributed by atoms with Crippen molar-refractivity contribution in [2.75, 3.05) is 0 Å². The van der Waals surface area contributed by atoms with Crippen LogP contribution in [0.15, 0.2) is 47.8 Å². The zero-order chi connectivity index (χ0) is 11.9. The molecule has 4 heteroatoms. The summed E-state index contributed by atoms with van der Waals surface area (Å²) in [6.07, 6.45) is 0. The van der Waals surface area contributed by atoms with E-state index in [1.807, 2.05) is 24.3 Å². The monoisotopic (exact) mass is 268 g/mol. The van der Waals surface area contributed by atoms with Gasteiger partial charge in [0.2, 0.25) is 0 Å². The molecule has 0 aliphatic rings. The minimum atomic E-state index is 0.959. The lowest BCUT2D eigenvalue weighted by Crippen LogP contribution is -1.81. The third-order valence-electron chi connectivity index (χ3n) is 2.80. The summed E-state index contributed by atoms with van der Waals surface area (Å²) in [5.41, 5.74) is 2.91. The number of para-hydroxylation sites is 2. The Morgan fingerprint density at radius 1 is 0.778 bits per heavy atom. The third kappa shape index (κ3) is 1.54. The van der Waals surface area contributed by atoms with Gasteiger partial charge in [0.15, 0.2) is 0 Å². The van der Waals surface area contributed by atoms with Gasteiger partial charge in [0.25, 0.3) is 0 Å². The predicted molar refractivity (Wildman–Crippen MR) is 78.2 cm³/mol. The van der Waals surface area contributed by atoms with Crippen molar-refractivity contribution in [3.8, 4) is 9.75 Å². The topological polar surface area (TPSA) is 25.8 Å². The van der Waals surface area contributed by atoms with E-state index in [0.29, 0.717) is 0 Å². The first kappa shape index (κ1) is 10.2. The molecule has 0 aliphatic heterocycles. The van der Waals surface area contributed by atoms with Crippen molar-refractivity contribution in [1.82, 2.24) is 9.97 Å².